The SMILES string of the molecule is CCOc1ccc(CN2CCN(C(=O)C3CC4CCC3C4)CC2)cc1. The van der Waals surface area contributed by atoms with Crippen LogP contribution in [0.2, 0.25) is 0 Å². The van der Waals surface area contributed by atoms with Crippen molar-refractivity contribution in [2.75, 3.05) is 32.8 Å². The normalized spacial score (nSPS) is 29.2. The summed E-state index contributed by atoms with van der Waals surface area (Å²) in [6.45, 7) is 7.43. The van der Waals surface area contributed by atoms with Gasteiger partial charge in [0, 0.05) is 38.6 Å². The first-order valence-electron chi connectivity index (χ1n) is 9.96. The summed E-state index contributed by atoms with van der Waals surface area (Å²) in [5.41, 5.74) is 1.32. The van der Waals surface area contributed by atoms with Gasteiger partial charge < -0.3 is 9.64 Å². The molecule has 2 aliphatic carbocycles. The minimum Gasteiger partial charge on any atom is -0.494 e. The quantitative estimate of drug-likeness (QED) is 0.824. The Bertz CT molecular complexity index is 592. The van der Waals surface area contributed by atoms with Crippen LogP contribution in [0.15, 0.2) is 24.3 Å². The number of hydrogen-bond acceptors (Lipinski definition) is 3. The Balaban J connectivity index is 1.26. The van der Waals surface area contributed by atoms with E-state index in [1.54, 1.807) is 0 Å². The highest BCUT2D eigenvalue weighted by atomic mass is 16.5. The average Bonchev–Trinajstić information content (AvgIpc) is 3.27. The van der Waals surface area contributed by atoms with Gasteiger partial charge in [-0.15, -0.1) is 0 Å². The predicted octanol–water partition coefficient (Wildman–Crippen LogP) is 3.17. The van der Waals surface area contributed by atoms with Gasteiger partial charge in [0.1, 0.15) is 5.75 Å². The third kappa shape index (κ3) is 3.69. The van der Waals surface area contributed by atoms with E-state index in [1.807, 2.05) is 19.1 Å². The van der Waals surface area contributed by atoms with Crippen molar-refractivity contribution in [2.24, 2.45) is 17.8 Å². The van der Waals surface area contributed by atoms with E-state index in [0.717, 1.165) is 50.8 Å². The molecular weight excluding hydrogens is 312 g/mol. The maximum Gasteiger partial charge on any atom is 0.226 e. The monoisotopic (exact) mass is 342 g/mol. The van der Waals surface area contributed by atoms with E-state index in [2.05, 4.69) is 21.9 Å². The molecule has 4 nitrogen and oxygen atoms in total. The van der Waals surface area contributed by atoms with Crippen LogP contribution in [-0.2, 0) is 11.3 Å². The molecule has 25 heavy (non-hydrogen) atoms. The van der Waals surface area contributed by atoms with Crippen molar-refractivity contribution in [1.29, 1.82) is 0 Å². The number of ether oxygens (including phenoxy) is 1. The van der Waals surface area contributed by atoms with Gasteiger partial charge in [-0.05, 0) is 55.7 Å². The van der Waals surface area contributed by atoms with Crippen LogP contribution in [0.1, 0.15) is 38.2 Å². The fourth-order valence-corrected chi connectivity index (χ4v) is 5.02. The molecule has 2 bridgehead atoms. The lowest BCUT2D eigenvalue weighted by Gasteiger charge is -2.37. The molecule has 1 aromatic carbocycles. The van der Waals surface area contributed by atoms with Gasteiger partial charge in [0.25, 0.3) is 0 Å². The molecule has 3 unspecified atom stereocenters. The molecule has 1 saturated heterocycles. The summed E-state index contributed by atoms with van der Waals surface area (Å²) in [6.07, 6.45) is 5.13. The summed E-state index contributed by atoms with van der Waals surface area (Å²) in [6, 6.07) is 8.40. The Morgan fingerprint density at radius 3 is 2.44 bits per heavy atom. The van der Waals surface area contributed by atoms with Gasteiger partial charge in [-0.1, -0.05) is 18.6 Å². The Labute approximate surface area is 151 Å². The molecule has 3 aliphatic rings. The highest BCUT2D eigenvalue weighted by molar-refractivity contribution is 5.79. The molecule has 1 amide bonds. The molecular formula is C21H30N2O2. The summed E-state index contributed by atoms with van der Waals surface area (Å²) in [7, 11) is 0. The lowest BCUT2D eigenvalue weighted by atomic mass is 9.87. The van der Waals surface area contributed by atoms with E-state index in [1.165, 1.54) is 24.8 Å². The minimum atomic E-state index is 0.344. The zero-order valence-corrected chi connectivity index (χ0v) is 15.3. The molecule has 4 heteroatoms. The Morgan fingerprint density at radius 1 is 1.08 bits per heavy atom. The molecule has 0 aromatic heterocycles. The predicted molar refractivity (Wildman–Crippen MR) is 98.4 cm³/mol. The second-order valence-corrected chi connectivity index (χ2v) is 7.96. The highest BCUT2D eigenvalue weighted by Gasteiger charge is 2.44. The van der Waals surface area contributed by atoms with Gasteiger partial charge >= 0.3 is 0 Å². The zero-order chi connectivity index (χ0) is 17.2. The van der Waals surface area contributed by atoms with E-state index >= 15 is 0 Å². The number of piperazine rings is 1. The average molecular weight is 342 g/mol. The van der Waals surface area contributed by atoms with Crippen LogP contribution >= 0.6 is 0 Å². The third-order valence-electron chi connectivity index (χ3n) is 6.38. The van der Waals surface area contributed by atoms with E-state index in [4.69, 9.17) is 4.74 Å². The van der Waals surface area contributed by atoms with E-state index in [-0.39, 0.29) is 0 Å². The van der Waals surface area contributed by atoms with E-state index in [9.17, 15) is 4.79 Å². The van der Waals surface area contributed by atoms with Gasteiger partial charge in [0.05, 0.1) is 6.61 Å². The lowest BCUT2D eigenvalue weighted by Crippen LogP contribution is -2.50. The topological polar surface area (TPSA) is 32.8 Å². The Morgan fingerprint density at radius 2 is 1.84 bits per heavy atom. The second kappa shape index (κ2) is 7.36. The molecule has 1 aliphatic heterocycles. The number of fused-ring (bicyclic) bond motifs is 2. The van der Waals surface area contributed by atoms with Gasteiger partial charge in [-0.3, -0.25) is 9.69 Å². The molecule has 136 valence electrons. The molecule has 3 fully saturated rings. The summed E-state index contributed by atoms with van der Waals surface area (Å²) in [4.78, 5) is 17.4. The lowest BCUT2D eigenvalue weighted by molar-refractivity contribution is -0.139. The third-order valence-corrected chi connectivity index (χ3v) is 6.38. The second-order valence-electron chi connectivity index (χ2n) is 7.96. The smallest absolute Gasteiger partial charge is 0.226 e. The van der Waals surface area contributed by atoms with Crippen molar-refractivity contribution >= 4 is 5.91 Å². The summed E-state index contributed by atoms with van der Waals surface area (Å²) < 4.78 is 5.50. The molecule has 2 saturated carbocycles. The molecule has 1 aromatic rings. The summed E-state index contributed by atoms with van der Waals surface area (Å²) in [5, 5.41) is 0. The van der Waals surface area contributed by atoms with Crippen molar-refractivity contribution in [1.82, 2.24) is 9.80 Å². The van der Waals surface area contributed by atoms with Gasteiger partial charge in [-0.25, -0.2) is 0 Å². The van der Waals surface area contributed by atoms with Crippen LogP contribution in [-0.4, -0.2) is 48.5 Å². The molecule has 0 spiro atoms. The standard InChI is InChI=1S/C21H30N2O2/c1-2-25-19-7-4-16(5-8-19)15-22-9-11-23(12-10-22)21(24)20-14-17-3-6-18(20)13-17/h4-5,7-8,17-18,20H,2-3,6,9-15H2,1H3. The van der Waals surface area contributed by atoms with Crippen LogP contribution in [0, 0.1) is 17.8 Å². The first-order chi connectivity index (χ1) is 12.2. The largest absolute Gasteiger partial charge is 0.494 e. The fraction of sp³-hybridized carbons (Fsp3) is 0.667. The highest BCUT2D eigenvalue weighted by Crippen LogP contribution is 2.48. The fourth-order valence-electron chi connectivity index (χ4n) is 5.02. The number of amides is 1. The number of carbonyl (C=O) groups is 1. The minimum absolute atomic E-state index is 0.344. The number of rotatable bonds is 5. The van der Waals surface area contributed by atoms with Gasteiger partial charge in [0.2, 0.25) is 5.91 Å². The maximum atomic E-state index is 12.8. The first kappa shape index (κ1) is 16.9. The summed E-state index contributed by atoms with van der Waals surface area (Å²) >= 11 is 0. The van der Waals surface area contributed by atoms with E-state index < -0.39 is 0 Å². The first-order valence-corrected chi connectivity index (χ1v) is 9.96. The Kier molecular flexibility index (Phi) is 4.98. The zero-order valence-electron chi connectivity index (χ0n) is 15.3. The number of nitrogens with zero attached hydrogens (tertiary/aromatic N) is 2. The van der Waals surface area contributed by atoms with E-state index in [0.29, 0.717) is 24.3 Å². The van der Waals surface area contributed by atoms with Crippen LogP contribution < -0.4 is 4.74 Å². The van der Waals surface area contributed by atoms with Crippen LogP contribution in [0.25, 0.3) is 0 Å². The van der Waals surface area contributed by atoms with Crippen molar-refractivity contribution in [3.8, 4) is 5.75 Å². The maximum absolute atomic E-state index is 12.8. The molecule has 1 heterocycles. The van der Waals surface area contributed by atoms with Crippen LogP contribution in [0.4, 0.5) is 0 Å². The van der Waals surface area contributed by atoms with Crippen LogP contribution in [0.3, 0.4) is 0 Å². The number of benzene rings is 1. The molecule has 4 rings (SSSR count). The molecule has 3 atom stereocenters. The van der Waals surface area contributed by atoms with Crippen molar-refractivity contribution in [2.45, 2.75) is 39.2 Å². The van der Waals surface area contributed by atoms with Crippen molar-refractivity contribution in [3.63, 3.8) is 0 Å². The van der Waals surface area contributed by atoms with Crippen LogP contribution in [0.5, 0.6) is 5.75 Å². The van der Waals surface area contributed by atoms with Crippen molar-refractivity contribution < 1.29 is 9.53 Å². The number of carbonyl (C=O) groups excluding carboxylic acids is 1. The molecule has 0 N–H and O–H groups in total. The van der Waals surface area contributed by atoms with Crippen molar-refractivity contribution in [3.05, 3.63) is 29.8 Å². The Hall–Kier alpha value is -1.55. The molecule has 0 radical (unpaired) electrons. The van der Waals surface area contributed by atoms with Gasteiger partial charge in [0.15, 0.2) is 0 Å². The van der Waals surface area contributed by atoms with Gasteiger partial charge in [-0.2, -0.15) is 0 Å². The summed E-state index contributed by atoms with van der Waals surface area (Å²) in [5.74, 6) is 3.27. The number of hydrogen-bond donors (Lipinski definition) is 0.